The van der Waals surface area contributed by atoms with Crippen molar-refractivity contribution in [3.05, 3.63) is 76.7 Å². The summed E-state index contributed by atoms with van der Waals surface area (Å²) in [6.07, 6.45) is 4.16. The molecule has 0 aliphatic carbocycles. The first-order valence-electron chi connectivity index (χ1n) is 7.47. The predicted molar refractivity (Wildman–Crippen MR) is 100 cm³/mol. The van der Waals surface area contributed by atoms with E-state index in [9.17, 15) is 4.79 Å². The number of nitrogens with one attached hydrogen (secondary N) is 1. The fourth-order valence-corrected chi connectivity index (χ4v) is 2.57. The average molecular weight is 373 g/mol. The van der Waals surface area contributed by atoms with Gasteiger partial charge in [-0.1, -0.05) is 23.2 Å². The monoisotopic (exact) mass is 372 g/mol. The zero-order valence-corrected chi connectivity index (χ0v) is 14.6. The fraction of sp³-hybridized carbons (Fsp3) is 0.0556. The van der Waals surface area contributed by atoms with Crippen LogP contribution in [0.15, 0.2) is 60.9 Å². The number of halogens is 2. The van der Waals surface area contributed by atoms with Crippen molar-refractivity contribution in [3.63, 3.8) is 0 Å². The van der Waals surface area contributed by atoms with Gasteiger partial charge in [-0.05, 0) is 54.1 Å². The third-order valence-corrected chi connectivity index (χ3v) is 3.98. The summed E-state index contributed by atoms with van der Waals surface area (Å²) in [7, 11) is 0. The highest BCUT2D eigenvalue weighted by Crippen LogP contribution is 2.31. The molecule has 5 nitrogen and oxygen atoms in total. The van der Waals surface area contributed by atoms with Crippen LogP contribution in [-0.2, 0) is 11.3 Å². The minimum atomic E-state index is 0.336. The molecule has 0 bridgehead atoms. The predicted octanol–water partition coefficient (Wildman–Crippen LogP) is 4.69. The number of rotatable bonds is 6. The largest absolute Gasteiger partial charge is 0.364 e. The van der Waals surface area contributed by atoms with Gasteiger partial charge in [-0.15, -0.1) is 0 Å². The van der Waals surface area contributed by atoms with Gasteiger partial charge in [0.05, 0.1) is 5.69 Å². The van der Waals surface area contributed by atoms with Crippen molar-refractivity contribution in [2.45, 2.75) is 6.54 Å². The first kappa shape index (κ1) is 17.2. The molecule has 7 heteroatoms. The molecule has 3 rings (SSSR count). The lowest BCUT2D eigenvalue weighted by molar-refractivity contribution is -0.106. The summed E-state index contributed by atoms with van der Waals surface area (Å²) in [6, 6.07) is 14.1. The molecule has 1 aromatic carbocycles. The van der Waals surface area contributed by atoms with Crippen LogP contribution in [0.4, 0.5) is 17.2 Å². The lowest BCUT2D eigenvalue weighted by Gasteiger charge is -2.21. The number of anilines is 3. The van der Waals surface area contributed by atoms with Crippen molar-refractivity contribution >= 4 is 46.8 Å². The summed E-state index contributed by atoms with van der Waals surface area (Å²) in [5.41, 5.74) is 2.30. The third-order valence-electron chi connectivity index (χ3n) is 3.52. The van der Waals surface area contributed by atoms with E-state index < -0.39 is 0 Å². The van der Waals surface area contributed by atoms with Crippen LogP contribution < -0.4 is 10.2 Å². The summed E-state index contributed by atoms with van der Waals surface area (Å²) in [5, 5.41) is 4.15. The molecule has 2 aromatic heterocycles. The second-order valence-corrected chi connectivity index (χ2v) is 5.99. The molecule has 0 atom stereocenters. The highest BCUT2D eigenvalue weighted by atomic mass is 35.5. The molecular weight excluding hydrogens is 359 g/mol. The van der Waals surface area contributed by atoms with Gasteiger partial charge < -0.3 is 5.32 Å². The van der Waals surface area contributed by atoms with E-state index in [1.54, 1.807) is 48.8 Å². The van der Waals surface area contributed by atoms with Crippen molar-refractivity contribution in [2.24, 2.45) is 0 Å². The highest BCUT2D eigenvalue weighted by Gasteiger charge is 2.15. The van der Waals surface area contributed by atoms with E-state index in [0.717, 1.165) is 12.0 Å². The van der Waals surface area contributed by atoms with E-state index in [-0.39, 0.29) is 0 Å². The molecule has 0 spiro atoms. The van der Waals surface area contributed by atoms with Crippen molar-refractivity contribution in [1.29, 1.82) is 0 Å². The van der Waals surface area contributed by atoms with Gasteiger partial charge in [0.25, 0.3) is 0 Å². The molecule has 1 N–H and O–H groups in total. The molecule has 2 heterocycles. The van der Waals surface area contributed by atoms with Gasteiger partial charge in [-0.2, -0.15) is 0 Å². The van der Waals surface area contributed by atoms with Gasteiger partial charge in [0.1, 0.15) is 5.15 Å². The van der Waals surface area contributed by atoms with Crippen LogP contribution in [0.3, 0.4) is 0 Å². The first-order chi connectivity index (χ1) is 12.2. The number of aromatic nitrogens is 2. The Labute approximate surface area is 155 Å². The maximum absolute atomic E-state index is 11.7. The van der Waals surface area contributed by atoms with Gasteiger partial charge in [-0.25, -0.2) is 4.98 Å². The molecule has 25 heavy (non-hydrogen) atoms. The van der Waals surface area contributed by atoms with Gasteiger partial charge in [0.15, 0.2) is 5.82 Å². The van der Waals surface area contributed by atoms with E-state index in [0.29, 0.717) is 33.9 Å². The van der Waals surface area contributed by atoms with Crippen LogP contribution in [0.5, 0.6) is 0 Å². The molecule has 0 fully saturated rings. The first-order valence-corrected chi connectivity index (χ1v) is 8.22. The maximum atomic E-state index is 11.7. The fourth-order valence-electron chi connectivity index (χ4n) is 2.30. The molecular formula is C18H14Cl2N4O. The SMILES string of the molecule is O=CN(c1ccc(Cl)cc1)c1ccc(Cl)nc1NCc1ccncc1. The Balaban J connectivity index is 1.91. The molecule has 0 aliphatic heterocycles. The van der Waals surface area contributed by atoms with Crippen molar-refractivity contribution in [3.8, 4) is 0 Å². The van der Waals surface area contributed by atoms with Gasteiger partial charge in [-0.3, -0.25) is 14.7 Å². The molecule has 3 aromatic rings. The number of benzene rings is 1. The standard InChI is InChI=1S/C18H14Cl2N4O/c19-14-1-3-15(4-2-14)24(12-25)16-5-6-17(20)23-18(16)22-11-13-7-9-21-10-8-13/h1-10,12H,11H2,(H,22,23). The highest BCUT2D eigenvalue weighted by molar-refractivity contribution is 6.30. The second-order valence-electron chi connectivity index (χ2n) is 5.16. The number of carbonyl (C=O) groups is 1. The minimum absolute atomic E-state index is 0.336. The van der Waals surface area contributed by atoms with E-state index in [1.807, 2.05) is 12.1 Å². The van der Waals surface area contributed by atoms with Crippen LogP contribution in [0.25, 0.3) is 0 Å². The molecule has 0 aliphatic rings. The zero-order valence-electron chi connectivity index (χ0n) is 13.1. The van der Waals surface area contributed by atoms with Crippen LogP contribution in [0.1, 0.15) is 5.56 Å². The van der Waals surface area contributed by atoms with E-state index >= 15 is 0 Å². The zero-order chi connectivity index (χ0) is 17.6. The molecule has 0 unspecified atom stereocenters. The molecule has 0 saturated heterocycles. The smallest absolute Gasteiger partial charge is 0.218 e. The number of nitrogens with zero attached hydrogens (tertiary/aromatic N) is 3. The Morgan fingerprint density at radius 3 is 2.40 bits per heavy atom. The lowest BCUT2D eigenvalue weighted by atomic mass is 10.2. The minimum Gasteiger partial charge on any atom is -0.364 e. The van der Waals surface area contributed by atoms with E-state index in [2.05, 4.69) is 15.3 Å². The topological polar surface area (TPSA) is 58.1 Å². The summed E-state index contributed by atoms with van der Waals surface area (Å²) < 4.78 is 0. The maximum Gasteiger partial charge on any atom is 0.218 e. The number of hydrogen-bond acceptors (Lipinski definition) is 4. The Hall–Kier alpha value is -2.63. The molecule has 126 valence electrons. The normalized spacial score (nSPS) is 10.3. The van der Waals surface area contributed by atoms with Gasteiger partial charge in [0, 0.05) is 29.6 Å². The lowest BCUT2D eigenvalue weighted by Crippen LogP contribution is -2.17. The Morgan fingerprint density at radius 1 is 1.00 bits per heavy atom. The van der Waals surface area contributed by atoms with Gasteiger partial charge >= 0.3 is 0 Å². The molecule has 0 saturated carbocycles. The van der Waals surface area contributed by atoms with Gasteiger partial charge in [0.2, 0.25) is 6.41 Å². The van der Waals surface area contributed by atoms with E-state index in [4.69, 9.17) is 23.2 Å². The Morgan fingerprint density at radius 2 is 1.72 bits per heavy atom. The average Bonchev–Trinajstić information content (AvgIpc) is 2.64. The van der Waals surface area contributed by atoms with Crippen LogP contribution in [0, 0.1) is 0 Å². The summed E-state index contributed by atoms with van der Waals surface area (Å²) in [4.78, 5) is 21.5. The van der Waals surface area contributed by atoms with Crippen LogP contribution >= 0.6 is 23.2 Å². The van der Waals surface area contributed by atoms with Crippen molar-refractivity contribution in [1.82, 2.24) is 9.97 Å². The molecule has 0 radical (unpaired) electrons. The summed E-state index contributed by atoms with van der Waals surface area (Å²) >= 11 is 11.9. The Bertz CT molecular complexity index is 857. The summed E-state index contributed by atoms with van der Waals surface area (Å²) in [5.74, 6) is 0.506. The second kappa shape index (κ2) is 7.96. The van der Waals surface area contributed by atoms with Crippen molar-refractivity contribution in [2.75, 3.05) is 10.2 Å². The van der Waals surface area contributed by atoms with E-state index in [1.165, 1.54) is 4.90 Å². The number of carbonyl (C=O) groups excluding carboxylic acids is 1. The number of amides is 1. The molecule has 1 amide bonds. The van der Waals surface area contributed by atoms with Crippen LogP contribution in [-0.4, -0.2) is 16.4 Å². The quantitative estimate of drug-likeness (QED) is 0.503. The van der Waals surface area contributed by atoms with Crippen molar-refractivity contribution < 1.29 is 4.79 Å². The summed E-state index contributed by atoms with van der Waals surface area (Å²) in [6.45, 7) is 0.524. The third kappa shape index (κ3) is 4.26. The van der Waals surface area contributed by atoms with Crippen LogP contribution in [0.2, 0.25) is 10.2 Å². The number of pyridine rings is 2. The Kier molecular flexibility index (Phi) is 5.48. The number of hydrogen-bond donors (Lipinski definition) is 1.